The molecule has 0 saturated heterocycles. The van der Waals surface area contributed by atoms with E-state index in [0.29, 0.717) is 13.0 Å². The van der Waals surface area contributed by atoms with Crippen molar-refractivity contribution in [3.63, 3.8) is 0 Å². The molecule has 1 aromatic carbocycles. The Labute approximate surface area is 149 Å². The molecule has 3 N–H and O–H groups in total. The van der Waals surface area contributed by atoms with Crippen LogP contribution in [0.3, 0.4) is 0 Å². The second-order valence-corrected chi connectivity index (χ2v) is 6.49. The number of nitrogens with zero attached hydrogens (tertiary/aromatic N) is 2. The Kier molecular flexibility index (Phi) is 6.40. The molecule has 130 valence electrons. The molecule has 1 aliphatic carbocycles. The molecule has 1 heterocycles. The number of carbonyl (C=O) groups excluding carboxylic acids is 1. The first kappa shape index (κ1) is 18.5. The van der Waals surface area contributed by atoms with Gasteiger partial charge in [-0.15, -0.1) is 12.4 Å². The number of halogens is 1. The molecule has 0 spiro atoms. The third-order valence-corrected chi connectivity index (χ3v) is 4.78. The lowest BCUT2D eigenvalue weighted by Gasteiger charge is -2.35. The van der Waals surface area contributed by atoms with Crippen molar-refractivity contribution in [1.82, 2.24) is 9.78 Å². The van der Waals surface area contributed by atoms with Gasteiger partial charge < -0.3 is 11.1 Å². The lowest BCUT2D eigenvalue weighted by Crippen LogP contribution is -2.36. The van der Waals surface area contributed by atoms with Crippen molar-refractivity contribution in [2.75, 3.05) is 11.9 Å². The topological polar surface area (TPSA) is 72.9 Å². The fourth-order valence-corrected chi connectivity index (χ4v) is 3.45. The van der Waals surface area contributed by atoms with Crippen LogP contribution in [0, 0.1) is 5.41 Å². The van der Waals surface area contributed by atoms with Gasteiger partial charge in [0, 0.05) is 24.5 Å². The summed E-state index contributed by atoms with van der Waals surface area (Å²) >= 11 is 0. The largest absolute Gasteiger partial charge is 0.330 e. The lowest BCUT2D eigenvalue weighted by atomic mass is 9.71. The predicted molar refractivity (Wildman–Crippen MR) is 98.6 cm³/mol. The van der Waals surface area contributed by atoms with Gasteiger partial charge in [-0.2, -0.15) is 5.10 Å². The maximum Gasteiger partial charge on any atom is 0.224 e. The molecule has 3 rings (SSSR count). The van der Waals surface area contributed by atoms with E-state index < -0.39 is 0 Å². The zero-order valence-electron chi connectivity index (χ0n) is 13.8. The average molecular weight is 349 g/mol. The summed E-state index contributed by atoms with van der Waals surface area (Å²) in [5, 5.41) is 7.23. The average Bonchev–Trinajstić information content (AvgIpc) is 3.10. The standard InChI is InChI=1S/C18H24N4O.ClH/c19-14-18(8-2-1-3-9-18)13-17(23)21-15-6-4-7-16(12-15)22-11-5-10-20-22;/h4-7,10-12H,1-3,8-9,13-14,19H2,(H,21,23);1H. The van der Waals surface area contributed by atoms with E-state index in [0.717, 1.165) is 24.2 Å². The van der Waals surface area contributed by atoms with Crippen molar-refractivity contribution < 1.29 is 4.79 Å². The van der Waals surface area contributed by atoms with Gasteiger partial charge in [-0.25, -0.2) is 4.68 Å². The van der Waals surface area contributed by atoms with Crippen LogP contribution in [0.1, 0.15) is 38.5 Å². The highest BCUT2D eigenvalue weighted by atomic mass is 35.5. The number of anilines is 1. The maximum atomic E-state index is 12.5. The first-order valence-corrected chi connectivity index (χ1v) is 8.31. The van der Waals surface area contributed by atoms with E-state index >= 15 is 0 Å². The molecule has 0 bridgehead atoms. The normalized spacial score (nSPS) is 16.2. The second kappa shape index (κ2) is 8.31. The van der Waals surface area contributed by atoms with Gasteiger partial charge in [0.05, 0.1) is 5.69 Å². The number of benzene rings is 1. The van der Waals surface area contributed by atoms with Crippen molar-refractivity contribution in [2.24, 2.45) is 11.1 Å². The SMILES string of the molecule is Cl.NCC1(CC(=O)Nc2cccc(-n3cccn3)c2)CCCCC1. The van der Waals surface area contributed by atoms with E-state index in [1.54, 1.807) is 10.9 Å². The quantitative estimate of drug-likeness (QED) is 0.868. The lowest BCUT2D eigenvalue weighted by molar-refractivity contribution is -0.118. The van der Waals surface area contributed by atoms with Crippen LogP contribution in [0.4, 0.5) is 5.69 Å². The fraction of sp³-hybridized carbons (Fsp3) is 0.444. The van der Waals surface area contributed by atoms with E-state index in [1.807, 2.05) is 36.5 Å². The molecule has 1 aliphatic rings. The molecule has 1 fully saturated rings. The Hall–Kier alpha value is -1.85. The van der Waals surface area contributed by atoms with Crippen LogP contribution in [0.5, 0.6) is 0 Å². The molecular formula is C18H25ClN4O. The smallest absolute Gasteiger partial charge is 0.224 e. The van der Waals surface area contributed by atoms with Crippen LogP contribution in [0.25, 0.3) is 5.69 Å². The van der Waals surface area contributed by atoms with E-state index in [9.17, 15) is 4.79 Å². The third-order valence-electron chi connectivity index (χ3n) is 4.78. The number of nitrogens with two attached hydrogens (primary N) is 1. The summed E-state index contributed by atoms with van der Waals surface area (Å²) in [6, 6.07) is 9.60. The summed E-state index contributed by atoms with van der Waals surface area (Å²) in [6.07, 6.45) is 9.86. The minimum Gasteiger partial charge on any atom is -0.330 e. The Morgan fingerprint density at radius 1 is 1.25 bits per heavy atom. The molecular weight excluding hydrogens is 324 g/mol. The molecule has 1 aromatic heterocycles. The number of hydrogen-bond donors (Lipinski definition) is 2. The minimum atomic E-state index is -0.0120. The van der Waals surface area contributed by atoms with Crippen molar-refractivity contribution in [3.8, 4) is 5.69 Å². The monoisotopic (exact) mass is 348 g/mol. The van der Waals surface area contributed by atoms with Gasteiger partial charge in [-0.3, -0.25) is 4.79 Å². The summed E-state index contributed by atoms with van der Waals surface area (Å²) in [6.45, 7) is 0.591. The van der Waals surface area contributed by atoms with Gasteiger partial charge in [0.2, 0.25) is 5.91 Å². The van der Waals surface area contributed by atoms with Crippen molar-refractivity contribution >= 4 is 24.0 Å². The Balaban J connectivity index is 0.00000208. The van der Waals surface area contributed by atoms with Gasteiger partial charge in [0.15, 0.2) is 0 Å². The summed E-state index contributed by atoms with van der Waals surface area (Å²) in [5.74, 6) is 0.0509. The zero-order chi connectivity index (χ0) is 16.1. The van der Waals surface area contributed by atoms with Gasteiger partial charge >= 0.3 is 0 Å². The number of aromatic nitrogens is 2. The number of rotatable bonds is 5. The molecule has 5 nitrogen and oxygen atoms in total. The highest BCUT2D eigenvalue weighted by Gasteiger charge is 2.32. The molecule has 0 unspecified atom stereocenters. The Morgan fingerprint density at radius 2 is 2.04 bits per heavy atom. The highest BCUT2D eigenvalue weighted by molar-refractivity contribution is 5.91. The number of nitrogens with one attached hydrogen (secondary N) is 1. The van der Waals surface area contributed by atoms with Gasteiger partial charge in [0.25, 0.3) is 0 Å². The predicted octanol–water partition coefficient (Wildman–Crippen LogP) is 3.53. The minimum absolute atomic E-state index is 0. The van der Waals surface area contributed by atoms with Crippen LogP contribution < -0.4 is 11.1 Å². The molecule has 0 atom stereocenters. The van der Waals surface area contributed by atoms with E-state index in [4.69, 9.17) is 5.73 Å². The van der Waals surface area contributed by atoms with E-state index in [-0.39, 0.29) is 23.7 Å². The molecule has 6 heteroatoms. The highest BCUT2D eigenvalue weighted by Crippen LogP contribution is 2.38. The number of hydrogen-bond acceptors (Lipinski definition) is 3. The van der Waals surface area contributed by atoms with Gasteiger partial charge in [0.1, 0.15) is 0 Å². The van der Waals surface area contributed by atoms with Crippen molar-refractivity contribution in [2.45, 2.75) is 38.5 Å². The van der Waals surface area contributed by atoms with Crippen LogP contribution in [0.15, 0.2) is 42.7 Å². The van der Waals surface area contributed by atoms with Crippen LogP contribution in [0.2, 0.25) is 0 Å². The molecule has 0 radical (unpaired) electrons. The molecule has 0 aliphatic heterocycles. The second-order valence-electron chi connectivity index (χ2n) is 6.49. The first-order valence-electron chi connectivity index (χ1n) is 8.31. The van der Waals surface area contributed by atoms with E-state index in [1.165, 1.54) is 19.3 Å². The van der Waals surface area contributed by atoms with Crippen LogP contribution >= 0.6 is 12.4 Å². The number of amides is 1. The van der Waals surface area contributed by atoms with Gasteiger partial charge in [-0.1, -0.05) is 25.3 Å². The van der Waals surface area contributed by atoms with Gasteiger partial charge in [-0.05, 0) is 49.1 Å². The van der Waals surface area contributed by atoms with Crippen molar-refractivity contribution in [1.29, 1.82) is 0 Å². The number of carbonyl (C=O) groups is 1. The Bertz CT molecular complexity index is 651. The van der Waals surface area contributed by atoms with E-state index in [2.05, 4.69) is 10.4 Å². The van der Waals surface area contributed by atoms with Crippen molar-refractivity contribution in [3.05, 3.63) is 42.7 Å². The molecule has 24 heavy (non-hydrogen) atoms. The fourth-order valence-electron chi connectivity index (χ4n) is 3.45. The van der Waals surface area contributed by atoms with Crippen LogP contribution in [-0.4, -0.2) is 22.2 Å². The molecule has 1 saturated carbocycles. The molecule has 2 aromatic rings. The summed E-state index contributed by atoms with van der Waals surface area (Å²) in [7, 11) is 0. The Morgan fingerprint density at radius 3 is 2.71 bits per heavy atom. The summed E-state index contributed by atoms with van der Waals surface area (Å²) in [5.41, 5.74) is 7.69. The van der Waals surface area contributed by atoms with Crippen LogP contribution in [-0.2, 0) is 4.79 Å². The first-order chi connectivity index (χ1) is 11.2. The summed E-state index contributed by atoms with van der Waals surface area (Å²) < 4.78 is 1.78. The third kappa shape index (κ3) is 4.36. The molecule has 1 amide bonds. The maximum absolute atomic E-state index is 12.5. The zero-order valence-corrected chi connectivity index (χ0v) is 14.6. The summed E-state index contributed by atoms with van der Waals surface area (Å²) in [4.78, 5) is 12.5.